The van der Waals surface area contributed by atoms with E-state index in [1.54, 1.807) is 0 Å². The molecule has 0 N–H and O–H groups in total. The predicted molar refractivity (Wildman–Crippen MR) is 181 cm³/mol. The summed E-state index contributed by atoms with van der Waals surface area (Å²) >= 11 is 0. The summed E-state index contributed by atoms with van der Waals surface area (Å²) in [5, 5.41) is 2.38. The number of fused-ring (bicyclic) bond motifs is 3. The normalized spacial score (nSPS) is 12.5. The third-order valence-electron chi connectivity index (χ3n) is 8.41. The van der Waals surface area contributed by atoms with E-state index in [9.17, 15) is 0 Å². The van der Waals surface area contributed by atoms with Gasteiger partial charge in [-0.1, -0.05) is 116 Å². The fourth-order valence-electron chi connectivity index (χ4n) is 5.70. The number of hydrogen-bond acceptors (Lipinski definition) is 2. The molecule has 0 amide bonds. The molecule has 0 unspecified atom stereocenters. The van der Waals surface area contributed by atoms with E-state index in [-0.39, 0.29) is 37.3 Å². The molecular formula is C40H41N3Pt. The van der Waals surface area contributed by atoms with E-state index in [0.29, 0.717) is 0 Å². The second kappa shape index (κ2) is 11.4. The SMILES string of the molecule is CC(C)(C)c1cc(-c2cc(C(C)(C)C)ccn2)[c-]c(-c2c3[n-]c(-c4cc(C(C)(C)C)ccn4)ccc-3c3ccccc23)c1.[Pt+2]. The Balaban J connectivity index is 0.00000384. The van der Waals surface area contributed by atoms with Crippen LogP contribution in [0.1, 0.15) is 79.0 Å². The molecule has 44 heavy (non-hydrogen) atoms. The molecule has 0 radical (unpaired) electrons. The van der Waals surface area contributed by atoms with Crippen molar-refractivity contribution in [3.63, 3.8) is 0 Å². The smallest absolute Gasteiger partial charge is 0.662 e. The number of hydrogen-bond donors (Lipinski definition) is 0. The number of nitrogens with zero attached hydrogens (tertiary/aromatic N) is 3. The van der Waals surface area contributed by atoms with Crippen molar-refractivity contribution in [3.8, 4) is 45.0 Å². The van der Waals surface area contributed by atoms with Crippen LogP contribution < -0.4 is 4.98 Å². The minimum atomic E-state index is -0.0612. The van der Waals surface area contributed by atoms with E-state index in [4.69, 9.17) is 15.0 Å². The van der Waals surface area contributed by atoms with Crippen LogP contribution >= 0.6 is 0 Å². The summed E-state index contributed by atoms with van der Waals surface area (Å²) in [7, 11) is 0. The number of benzene rings is 2. The van der Waals surface area contributed by atoms with Crippen molar-refractivity contribution in [2.24, 2.45) is 0 Å². The van der Waals surface area contributed by atoms with Crippen molar-refractivity contribution in [2.75, 3.05) is 0 Å². The van der Waals surface area contributed by atoms with Gasteiger partial charge >= 0.3 is 21.1 Å². The second-order valence-corrected chi connectivity index (χ2v) is 14.8. The van der Waals surface area contributed by atoms with E-state index < -0.39 is 0 Å². The molecule has 0 bridgehead atoms. The molecule has 0 saturated heterocycles. The van der Waals surface area contributed by atoms with E-state index in [0.717, 1.165) is 45.0 Å². The summed E-state index contributed by atoms with van der Waals surface area (Å²) in [6.45, 7) is 20.2. The van der Waals surface area contributed by atoms with Crippen LogP contribution in [0.3, 0.4) is 0 Å². The molecule has 0 spiro atoms. The first-order valence-electron chi connectivity index (χ1n) is 15.2. The zero-order valence-corrected chi connectivity index (χ0v) is 29.5. The summed E-state index contributed by atoms with van der Waals surface area (Å²) in [4.78, 5) is 14.9. The van der Waals surface area contributed by atoms with E-state index in [2.05, 4.69) is 141 Å². The van der Waals surface area contributed by atoms with Gasteiger partial charge in [0, 0.05) is 23.8 Å². The molecule has 0 fully saturated rings. The Morgan fingerprint density at radius 2 is 1.11 bits per heavy atom. The molecule has 1 aliphatic heterocycles. The van der Waals surface area contributed by atoms with Gasteiger partial charge in [-0.25, -0.2) is 0 Å². The average molecular weight is 759 g/mol. The second-order valence-electron chi connectivity index (χ2n) is 14.8. The van der Waals surface area contributed by atoms with Crippen LogP contribution in [0.4, 0.5) is 0 Å². The van der Waals surface area contributed by atoms with Crippen LogP contribution in [0.5, 0.6) is 0 Å². The maximum atomic E-state index is 5.32. The summed E-state index contributed by atoms with van der Waals surface area (Å²) in [6, 6.07) is 29.9. The first-order valence-corrected chi connectivity index (χ1v) is 15.2. The Labute approximate surface area is 277 Å². The van der Waals surface area contributed by atoms with Gasteiger partial charge in [0.15, 0.2) is 0 Å². The van der Waals surface area contributed by atoms with Crippen molar-refractivity contribution >= 4 is 10.8 Å². The molecule has 226 valence electrons. The van der Waals surface area contributed by atoms with Gasteiger partial charge in [-0.3, -0.25) is 9.97 Å². The monoisotopic (exact) mass is 758 g/mol. The van der Waals surface area contributed by atoms with Gasteiger partial charge in [0.25, 0.3) is 0 Å². The van der Waals surface area contributed by atoms with E-state index in [1.165, 1.54) is 27.5 Å². The third-order valence-corrected chi connectivity index (χ3v) is 8.41. The Morgan fingerprint density at radius 3 is 1.73 bits per heavy atom. The molecule has 2 aromatic heterocycles. The van der Waals surface area contributed by atoms with Gasteiger partial charge in [-0.2, -0.15) is 5.69 Å². The van der Waals surface area contributed by atoms with Gasteiger partial charge < -0.3 is 4.98 Å². The molecule has 1 aliphatic carbocycles. The quantitative estimate of drug-likeness (QED) is 0.169. The Morgan fingerprint density at radius 1 is 0.568 bits per heavy atom. The molecule has 3 heterocycles. The fourth-order valence-corrected chi connectivity index (χ4v) is 5.70. The number of aromatic nitrogens is 3. The first kappa shape index (κ1) is 31.9. The predicted octanol–water partition coefficient (Wildman–Crippen LogP) is 10.4. The standard InChI is InChI=1S/C40H41N3.Pt/c1-38(2,3)27-16-18-41-34(23-27)25-20-26(22-29(21-25)40(7,8)9)36-31-13-11-10-12-30(31)32-14-15-33(43-37(32)36)35-24-28(17-19-42-35)39(4,5)6;/h10-19,21-24H,1-9H3;/q-2;+2. The zero-order chi connectivity index (χ0) is 30.7. The van der Waals surface area contributed by atoms with Crippen LogP contribution in [0, 0.1) is 6.07 Å². The van der Waals surface area contributed by atoms with Crippen molar-refractivity contribution in [1.29, 1.82) is 0 Å². The van der Waals surface area contributed by atoms with Crippen molar-refractivity contribution in [3.05, 3.63) is 108 Å². The van der Waals surface area contributed by atoms with Gasteiger partial charge in [-0.15, -0.1) is 35.0 Å². The van der Waals surface area contributed by atoms with Crippen LogP contribution in [0.25, 0.3) is 55.8 Å². The summed E-state index contributed by atoms with van der Waals surface area (Å²) < 4.78 is 0. The first-order chi connectivity index (χ1) is 20.2. The van der Waals surface area contributed by atoms with Crippen LogP contribution in [-0.4, -0.2) is 9.97 Å². The van der Waals surface area contributed by atoms with Crippen molar-refractivity contribution in [1.82, 2.24) is 15.0 Å². The zero-order valence-electron chi connectivity index (χ0n) is 27.2. The molecule has 4 aromatic rings. The van der Waals surface area contributed by atoms with Gasteiger partial charge in [0.2, 0.25) is 0 Å². The molecule has 4 heteroatoms. The molecule has 6 rings (SSSR count). The van der Waals surface area contributed by atoms with E-state index >= 15 is 0 Å². The number of pyridine rings is 3. The summed E-state index contributed by atoms with van der Waals surface area (Å²) in [5.41, 5.74) is 11.7. The largest absolute Gasteiger partial charge is 2.00 e. The average Bonchev–Trinajstić information content (AvgIpc) is 3.29. The van der Waals surface area contributed by atoms with Gasteiger partial charge in [0.1, 0.15) is 0 Å². The Bertz CT molecular complexity index is 1930. The van der Waals surface area contributed by atoms with Crippen LogP contribution in [-0.2, 0) is 37.3 Å². The molecular weight excluding hydrogens is 718 g/mol. The number of rotatable bonds is 3. The molecule has 2 aromatic carbocycles. The summed E-state index contributed by atoms with van der Waals surface area (Å²) in [5.74, 6) is 0. The van der Waals surface area contributed by atoms with Crippen molar-refractivity contribution < 1.29 is 21.1 Å². The Hall–Kier alpha value is -3.55. The van der Waals surface area contributed by atoms with E-state index in [1.807, 2.05) is 12.4 Å². The Kier molecular flexibility index (Phi) is 8.27. The van der Waals surface area contributed by atoms with Crippen molar-refractivity contribution in [2.45, 2.75) is 78.6 Å². The third kappa shape index (κ3) is 6.04. The maximum Gasteiger partial charge on any atom is 2.00 e. The van der Waals surface area contributed by atoms with Gasteiger partial charge in [-0.05, 0) is 61.9 Å². The van der Waals surface area contributed by atoms with Gasteiger partial charge in [0.05, 0.1) is 0 Å². The topological polar surface area (TPSA) is 39.9 Å². The molecule has 0 atom stereocenters. The minimum absolute atomic E-state index is 0. The molecule has 3 nitrogen and oxygen atoms in total. The van der Waals surface area contributed by atoms with Crippen LogP contribution in [0.15, 0.2) is 85.2 Å². The molecule has 2 aliphatic rings. The van der Waals surface area contributed by atoms with Crippen LogP contribution in [0.2, 0.25) is 0 Å². The molecule has 0 saturated carbocycles. The maximum absolute atomic E-state index is 5.32. The minimum Gasteiger partial charge on any atom is -0.662 e. The summed E-state index contributed by atoms with van der Waals surface area (Å²) in [6.07, 6.45) is 3.82. The fraction of sp³-hybridized carbons (Fsp3) is 0.300.